The van der Waals surface area contributed by atoms with E-state index in [1.54, 1.807) is 30.3 Å². The van der Waals surface area contributed by atoms with Gasteiger partial charge < -0.3 is 24.7 Å². The first-order valence-electron chi connectivity index (χ1n) is 10.5. The van der Waals surface area contributed by atoms with E-state index < -0.39 is 11.8 Å². The second-order valence-electron chi connectivity index (χ2n) is 7.80. The number of nitrogens with one attached hydrogen (secondary N) is 2. The second-order valence-corrected chi connectivity index (χ2v) is 8.21. The average molecular weight is 480 g/mol. The molecule has 3 aromatic carbocycles. The first-order valence-corrected chi connectivity index (χ1v) is 10.8. The van der Waals surface area contributed by atoms with Gasteiger partial charge in [-0.05, 0) is 48.0 Å². The lowest BCUT2D eigenvalue weighted by Gasteiger charge is -2.24. The number of aromatic amines is 1. The quantitative estimate of drug-likeness (QED) is 0.408. The molecular formula is C25H19ClFN3O4. The Balaban J connectivity index is 1.47. The van der Waals surface area contributed by atoms with Gasteiger partial charge in [0.15, 0.2) is 11.5 Å². The van der Waals surface area contributed by atoms with Gasteiger partial charge in [-0.25, -0.2) is 9.18 Å². The SMILES string of the molecule is O=C(Nc1ccc(F)cc1)N(Cc1ccccc1Cl)Cc1cc2cc3c(cc2[nH]c1=O)OCO3. The Bertz CT molecular complexity index is 1440. The van der Waals surface area contributed by atoms with Crippen molar-refractivity contribution < 1.29 is 18.7 Å². The Morgan fingerprint density at radius 2 is 1.71 bits per heavy atom. The fourth-order valence-electron chi connectivity index (χ4n) is 3.73. The Kier molecular flexibility index (Phi) is 5.81. The van der Waals surface area contributed by atoms with Crippen LogP contribution < -0.4 is 20.3 Å². The average Bonchev–Trinajstić information content (AvgIpc) is 3.27. The highest BCUT2D eigenvalue weighted by Gasteiger charge is 2.20. The number of benzene rings is 3. The minimum absolute atomic E-state index is 0.0119. The number of urea groups is 1. The fourth-order valence-corrected chi connectivity index (χ4v) is 3.93. The van der Waals surface area contributed by atoms with Gasteiger partial charge in [0.25, 0.3) is 5.56 Å². The van der Waals surface area contributed by atoms with E-state index >= 15 is 0 Å². The smallest absolute Gasteiger partial charge is 0.322 e. The molecule has 1 aliphatic rings. The molecule has 0 aliphatic carbocycles. The molecular weight excluding hydrogens is 461 g/mol. The van der Waals surface area contributed by atoms with Crippen molar-refractivity contribution in [2.45, 2.75) is 13.1 Å². The van der Waals surface area contributed by atoms with Gasteiger partial charge in [0.1, 0.15) is 5.82 Å². The molecule has 0 radical (unpaired) electrons. The fraction of sp³-hybridized carbons (Fsp3) is 0.120. The van der Waals surface area contributed by atoms with Gasteiger partial charge in [-0.15, -0.1) is 0 Å². The Hall–Kier alpha value is -4.04. The van der Waals surface area contributed by atoms with Crippen molar-refractivity contribution in [2.75, 3.05) is 12.1 Å². The molecule has 0 spiro atoms. The van der Waals surface area contributed by atoms with Crippen LogP contribution in [-0.4, -0.2) is 22.7 Å². The Morgan fingerprint density at radius 1 is 1.00 bits per heavy atom. The van der Waals surface area contributed by atoms with Gasteiger partial charge in [0.2, 0.25) is 6.79 Å². The zero-order valence-electron chi connectivity index (χ0n) is 17.8. The normalized spacial score (nSPS) is 12.1. The molecule has 2 amide bonds. The highest BCUT2D eigenvalue weighted by Crippen LogP contribution is 2.35. The van der Waals surface area contributed by atoms with E-state index in [1.165, 1.54) is 29.2 Å². The molecule has 9 heteroatoms. The summed E-state index contributed by atoms with van der Waals surface area (Å²) in [7, 11) is 0. The van der Waals surface area contributed by atoms with Gasteiger partial charge in [-0.1, -0.05) is 29.8 Å². The first kappa shape index (κ1) is 21.8. The number of pyridine rings is 1. The predicted octanol–water partition coefficient (Wildman–Crippen LogP) is 5.28. The number of H-pyrrole nitrogens is 1. The van der Waals surface area contributed by atoms with Crippen LogP contribution in [0.2, 0.25) is 5.02 Å². The van der Waals surface area contributed by atoms with Gasteiger partial charge in [-0.3, -0.25) is 4.79 Å². The van der Waals surface area contributed by atoms with Crippen LogP contribution in [0.3, 0.4) is 0 Å². The van der Waals surface area contributed by atoms with E-state index in [-0.39, 0.29) is 25.4 Å². The molecule has 34 heavy (non-hydrogen) atoms. The van der Waals surface area contributed by atoms with Crippen LogP contribution in [-0.2, 0) is 13.1 Å². The minimum atomic E-state index is -0.461. The second kappa shape index (κ2) is 9.07. The summed E-state index contributed by atoms with van der Waals surface area (Å²) in [6.07, 6.45) is 0. The standard InChI is InChI=1S/C25H19ClFN3O4/c26-20-4-2-1-3-15(20)12-30(25(32)28-19-7-5-18(27)6-8-19)13-17-9-16-10-22-23(34-14-33-22)11-21(16)29-24(17)31/h1-11H,12-14H2,(H,28,32)(H,29,31). The van der Waals surface area contributed by atoms with Crippen molar-refractivity contribution in [3.63, 3.8) is 0 Å². The summed E-state index contributed by atoms with van der Waals surface area (Å²) in [4.78, 5) is 30.3. The maximum Gasteiger partial charge on any atom is 0.322 e. The number of halogens is 2. The summed E-state index contributed by atoms with van der Waals surface area (Å²) in [5.74, 6) is 0.747. The molecule has 0 fully saturated rings. The van der Waals surface area contributed by atoms with Crippen molar-refractivity contribution in [3.8, 4) is 11.5 Å². The number of nitrogens with zero attached hydrogens (tertiary/aromatic N) is 1. The number of rotatable bonds is 5. The number of ether oxygens (including phenoxy) is 2. The summed E-state index contributed by atoms with van der Waals surface area (Å²) in [5, 5.41) is 4.00. The van der Waals surface area contributed by atoms with Crippen LogP contribution in [0.25, 0.3) is 10.9 Å². The van der Waals surface area contributed by atoms with Crippen LogP contribution in [0.4, 0.5) is 14.9 Å². The third kappa shape index (κ3) is 4.53. The number of fused-ring (bicyclic) bond motifs is 2. The number of carbonyl (C=O) groups excluding carboxylic acids is 1. The molecule has 1 aliphatic heterocycles. The highest BCUT2D eigenvalue weighted by molar-refractivity contribution is 6.31. The lowest BCUT2D eigenvalue weighted by Crippen LogP contribution is -2.35. The van der Waals surface area contributed by atoms with E-state index in [9.17, 15) is 14.0 Å². The zero-order valence-corrected chi connectivity index (χ0v) is 18.6. The third-order valence-electron chi connectivity index (χ3n) is 5.48. The van der Waals surface area contributed by atoms with Crippen molar-refractivity contribution >= 4 is 34.2 Å². The van der Waals surface area contributed by atoms with E-state index in [0.29, 0.717) is 33.3 Å². The maximum absolute atomic E-state index is 13.3. The summed E-state index contributed by atoms with van der Waals surface area (Å²) < 4.78 is 24.1. The van der Waals surface area contributed by atoms with Gasteiger partial charge in [0, 0.05) is 34.3 Å². The summed E-state index contributed by atoms with van der Waals surface area (Å²) >= 11 is 6.32. The van der Waals surface area contributed by atoms with Crippen molar-refractivity contribution in [3.05, 3.63) is 99.1 Å². The molecule has 0 atom stereocenters. The Labute approximate surface area is 198 Å². The van der Waals surface area contributed by atoms with Gasteiger partial charge in [-0.2, -0.15) is 0 Å². The van der Waals surface area contributed by atoms with E-state index in [0.717, 1.165) is 10.9 Å². The molecule has 0 saturated carbocycles. The van der Waals surface area contributed by atoms with E-state index in [1.807, 2.05) is 12.1 Å². The van der Waals surface area contributed by atoms with E-state index in [2.05, 4.69) is 10.3 Å². The first-order chi connectivity index (χ1) is 16.5. The molecule has 2 N–H and O–H groups in total. The van der Waals surface area contributed by atoms with Gasteiger partial charge in [0.05, 0.1) is 12.1 Å². The predicted molar refractivity (Wildman–Crippen MR) is 127 cm³/mol. The summed E-state index contributed by atoms with van der Waals surface area (Å²) in [6.45, 7) is 0.293. The Morgan fingerprint density at radius 3 is 2.47 bits per heavy atom. The molecule has 7 nitrogen and oxygen atoms in total. The van der Waals surface area contributed by atoms with Crippen molar-refractivity contribution in [1.82, 2.24) is 9.88 Å². The molecule has 1 aromatic heterocycles. The molecule has 2 heterocycles. The minimum Gasteiger partial charge on any atom is -0.454 e. The topological polar surface area (TPSA) is 83.7 Å². The van der Waals surface area contributed by atoms with Crippen LogP contribution in [0.1, 0.15) is 11.1 Å². The van der Waals surface area contributed by atoms with Crippen LogP contribution in [0.5, 0.6) is 11.5 Å². The molecule has 4 aromatic rings. The lowest BCUT2D eigenvalue weighted by molar-refractivity contribution is 0.174. The number of hydrogen-bond acceptors (Lipinski definition) is 4. The van der Waals surface area contributed by atoms with Crippen LogP contribution in [0.15, 0.2) is 71.5 Å². The van der Waals surface area contributed by atoms with Crippen molar-refractivity contribution in [2.24, 2.45) is 0 Å². The number of carbonyl (C=O) groups is 1. The maximum atomic E-state index is 13.3. The van der Waals surface area contributed by atoms with Crippen LogP contribution in [0, 0.1) is 5.82 Å². The number of hydrogen-bond donors (Lipinski definition) is 2. The molecule has 0 saturated heterocycles. The number of anilines is 1. The molecule has 5 rings (SSSR count). The zero-order chi connectivity index (χ0) is 23.7. The third-order valence-corrected chi connectivity index (χ3v) is 5.85. The van der Waals surface area contributed by atoms with Gasteiger partial charge >= 0.3 is 6.03 Å². The van der Waals surface area contributed by atoms with Crippen molar-refractivity contribution in [1.29, 1.82) is 0 Å². The number of amides is 2. The summed E-state index contributed by atoms with van der Waals surface area (Å²) in [6, 6.07) is 17.4. The largest absolute Gasteiger partial charge is 0.454 e. The van der Waals surface area contributed by atoms with Crippen LogP contribution >= 0.6 is 11.6 Å². The monoisotopic (exact) mass is 479 g/mol. The summed E-state index contributed by atoms with van der Waals surface area (Å²) in [5.41, 5.74) is 1.80. The number of aromatic nitrogens is 1. The van der Waals surface area contributed by atoms with E-state index in [4.69, 9.17) is 21.1 Å². The lowest BCUT2D eigenvalue weighted by atomic mass is 10.1. The molecule has 0 bridgehead atoms. The highest BCUT2D eigenvalue weighted by atomic mass is 35.5. The molecule has 172 valence electrons. The molecule has 0 unspecified atom stereocenters.